The second-order valence-electron chi connectivity index (χ2n) is 9.61. The number of aryl methyl sites for hydroxylation is 1. The van der Waals surface area contributed by atoms with Crippen molar-refractivity contribution in [1.29, 1.82) is 0 Å². The Balaban J connectivity index is 1.09. The minimum Gasteiger partial charge on any atom is -0.367 e. The van der Waals surface area contributed by atoms with E-state index in [2.05, 4.69) is 56.3 Å². The molecule has 0 radical (unpaired) electrons. The molecule has 3 heterocycles. The van der Waals surface area contributed by atoms with E-state index < -0.39 is 0 Å². The summed E-state index contributed by atoms with van der Waals surface area (Å²) < 4.78 is 1.84. The van der Waals surface area contributed by atoms with Crippen molar-refractivity contribution in [3.8, 4) is 0 Å². The molecular formula is C29H30ClN5O. The number of anilines is 1. The second-order valence-corrected chi connectivity index (χ2v) is 10.0. The number of hydrogen-bond acceptors (Lipinski definition) is 3. The first kappa shape index (κ1) is 23.0. The number of rotatable bonds is 7. The molecule has 1 saturated heterocycles. The van der Waals surface area contributed by atoms with E-state index in [4.69, 9.17) is 11.6 Å². The molecule has 1 fully saturated rings. The maximum atomic E-state index is 12.8. The number of fused-ring (bicyclic) bond motifs is 2. The maximum Gasteiger partial charge on any atom is 0.326 e. The Hall–Kier alpha value is -3.48. The zero-order valence-electron chi connectivity index (χ0n) is 20.2. The first-order valence-electron chi connectivity index (χ1n) is 12.6. The Morgan fingerprint density at radius 1 is 0.917 bits per heavy atom. The minimum absolute atomic E-state index is 0.0569. The van der Waals surface area contributed by atoms with Crippen molar-refractivity contribution in [2.75, 3.05) is 37.6 Å². The van der Waals surface area contributed by atoms with Crippen molar-refractivity contribution in [2.24, 2.45) is 0 Å². The largest absolute Gasteiger partial charge is 0.367 e. The third-order valence-corrected chi connectivity index (χ3v) is 7.57. The van der Waals surface area contributed by atoms with E-state index in [1.807, 2.05) is 41.0 Å². The van der Waals surface area contributed by atoms with Crippen LogP contribution in [-0.4, -0.2) is 52.2 Å². The van der Waals surface area contributed by atoms with E-state index in [0.717, 1.165) is 78.4 Å². The van der Waals surface area contributed by atoms with Gasteiger partial charge in [0, 0.05) is 48.3 Å². The standard InChI is InChI=1S/C29H30ClN5O/c30-23-11-12-25-24(18-23)22(19-31-25)8-5-13-33-14-16-34(17-15-33)26-9-4-10-27-28(26)32-29(36)35(27)20-21-6-2-1-3-7-21/h1-4,6-7,9-12,18-19,31H,5,8,13-17,20H2,(H,32,36). The topological polar surface area (TPSA) is 60.1 Å². The van der Waals surface area contributed by atoms with E-state index in [-0.39, 0.29) is 5.69 Å². The molecule has 0 bridgehead atoms. The molecule has 2 aromatic heterocycles. The van der Waals surface area contributed by atoms with Crippen LogP contribution in [0.4, 0.5) is 5.69 Å². The number of piperazine rings is 1. The van der Waals surface area contributed by atoms with Gasteiger partial charge in [0.15, 0.2) is 0 Å². The molecule has 7 heteroatoms. The van der Waals surface area contributed by atoms with E-state index >= 15 is 0 Å². The third-order valence-electron chi connectivity index (χ3n) is 7.33. The van der Waals surface area contributed by atoms with Crippen LogP contribution in [-0.2, 0) is 13.0 Å². The van der Waals surface area contributed by atoms with Crippen LogP contribution in [0, 0.1) is 0 Å². The van der Waals surface area contributed by atoms with E-state index in [9.17, 15) is 4.79 Å². The van der Waals surface area contributed by atoms with Crippen LogP contribution in [0.25, 0.3) is 21.9 Å². The van der Waals surface area contributed by atoms with Crippen molar-refractivity contribution in [3.63, 3.8) is 0 Å². The summed E-state index contributed by atoms with van der Waals surface area (Å²) in [6, 6.07) is 22.4. The van der Waals surface area contributed by atoms with Gasteiger partial charge in [-0.15, -0.1) is 0 Å². The number of imidazole rings is 1. The van der Waals surface area contributed by atoms with Gasteiger partial charge in [-0.25, -0.2) is 4.79 Å². The molecule has 0 aliphatic carbocycles. The Kier molecular flexibility index (Phi) is 6.30. The van der Waals surface area contributed by atoms with Crippen LogP contribution in [0.1, 0.15) is 17.5 Å². The molecule has 0 unspecified atom stereocenters. The number of nitrogens with zero attached hydrogens (tertiary/aromatic N) is 3. The first-order valence-corrected chi connectivity index (χ1v) is 13.0. The van der Waals surface area contributed by atoms with Gasteiger partial charge in [0.1, 0.15) is 0 Å². The maximum absolute atomic E-state index is 12.8. The summed E-state index contributed by atoms with van der Waals surface area (Å²) in [6.45, 7) is 5.59. The molecule has 184 valence electrons. The number of benzene rings is 3. The normalized spacial score (nSPS) is 14.8. The van der Waals surface area contributed by atoms with Gasteiger partial charge in [-0.1, -0.05) is 48.0 Å². The van der Waals surface area contributed by atoms with Gasteiger partial charge >= 0.3 is 5.69 Å². The van der Waals surface area contributed by atoms with Crippen LogP contribution >= 0.6 is 11.6 Å². The summed E-state index contributed by atoms with van der Waals surface area (Å²) in [5, 5.41) is 2.01. The molecule has 3 aromatic carbocycles. The third kappa shape index (κ3) is 4.54. The van der Waals surface area contributed by atoms with Crippen molar-refractivity contribution in [3.05, 3.63) is 99.6 Å². The summed E-state index contributed by atoms with van der Waals surface area (Å²) in [5.41, 5.74) is 6.56. The molecule has 0 saturated carbocycles. The van der Waals surface area contributed by atoms with Gasteiger partial charge in [-0.3, -0.25) is 9.47 Å². The summed E-state index contributed by atoms with van der Waals surface area (Å²) in [7, 11) is 0. The molecule has 0 atom stereocenters. The molecule has 6 nitrogen and oxygen atoms in total. The number of nitrogens with one attached hydrogen (secondary N) is 2. The Morgan fingerprint density at radius 2 is 1.75 bits per heavy atom. The van der Waals surface area contributed by atoms with E-state index in [0.29, 0.717) is 6.54 Å². The molecule has 36 heavy (non-hydrogen) atoms. The van der Waals surface area contributed by atoms with Crippen molar-refractivity contribution >= 4 is 39.2 Å². The lowest BCUT2D eigenvalue weighted by atomic mass is 10.1. The zero-order chi connectivity index (χ0) is 24.5. The number of aromatic nitrogens is 3. The number of halogens is 1. The summed E-state index contributed by atoms with van der Waals surface area (Å²) in [6.07, 6.45) is 4.27. The van der Waals surface area contributed by atoms with Crippen molar-refractivity contribution < 1.29 is 0 Å². The zero-order valence-corrected chi connectivity index (χ0v) is 21.0. The molecule has 0 amide bonds. The SMILES string of the molecule is O=c1[nH]c2c(N3CCN(CCCc4c[nH]c5ccc(Cl)cc45)CC3)cccc2n1Cc1ccccc1. The number of H-pyrrole nitrogens is 2. The van der Waals surface area contributed by atoms with E-state index in [1.165, 1.54) is 10.9 Å². The highest BCUT2D eigenvalue weighted by Crippen LogP contribution is 2.27. The molecule has 2 N–H and O–H groups in total. The highest BCUT2D eigenvalue weighted by molar-refractivity contribution is 6.31. The van der Waals surface area contributed by atoms with Gasteiger partial charge in [0.2, 0.25) is 0 Å². The molecule has 1 aliphatic heterocycles. The fourth-order valence-corrected chi connectivity index (χ4v) is 5.59. The average Bonchev–Trinajstić information content (AvgIpc) is 3.45. The predicted molar refractivity (Wildman–Crippen MR) is 148 cm³/mol. The lowest BCUT2D eigenvalue weighted by molar-refractivity contribution is 0.255. The van der Waals surface area contributed by atoms with Gasteiger partial charge < -0.3 is 14.9 Å². The van der Waals surface area contributed by atoms with Gasteiger partial charge in [0.25, 0.3) is 0 Å². The first-order chi connectivity index (χ1) is 17.7. The Labute approximate surface area is 215 Å². The Bertz CT molecular complexity index is 1540. The molecular weight excluding hydrogens is 470 g/mol. The highest BCUT2D eigenvalue weighted by atomic mass is 35.5. The second kappa shape index (κ2) is 9.88. The summed E-state index contributed by atoms with van der Waals surface area (Å²) in [5.74, 6) is 0. The fourth-order valence-electron chi connectivity index (χ4n) is 5.41. The van der Waals surface area contributed by atoms with Gasteiger partial charge in [0.05, 0.1) is 23.3 Å². The highest BCUT2D eigenvalue weighted by Gasteiger charge is 2.20. The summed E-state index contributed by atoms with van der Waals surface area (Å²) >= 11 is 6.20. The lowest BCUT2D eigenvalue weighted by Crippen LogP contribution is -2.46. The van der Waals surface area contributed by atoms with E-state index in [1.54, 1.807) is 0 Å². The molecule has 6 rings (SSSR count). The van der Waals surface area contributed by atoms with Crippen LogP contribution in [0.3, 0.4) is 0 Å². The quantitative estimate of drug-likeness (QED) is 0.321. The van der Waals surface area contributed by atoms with Gasteiger partial charge in [-0.2, -0.15) is 0 Å². The average molecular weight is 500 g/mol. The number of aromatic amines is 2. The predicted octanol–water partition coefficient (Wildman–Crippen LogP) is 5.27. The van der Waals surface area contributed by atoms with Crippen LogP contribution in [0.5, 0.6) is 0 Å². The van der Waals surface area contributed by atoms with Crippen LogP contribution < -0.4 is 10.6 Å². The van der Waals surface area contributed by atoms with Crippen molar-refractivity contribution in [1.82, 2.24) is 19.4 Å². The van der Waals surface area contributed by atoms with Crippen molar-refractivity contribution in [2.45, 2.75) is 19.4 Å². The Morgan fingerprint density at radius 3 is 2.58 bits per heavy atom. The molecule has 0 spiro atoms. The summed E-state index contributed by atoms with van der Waals surface area (Å²) in [4.78, 5) is 24.3. The monoisotopic (exact) mass is 499 g/mol. The number of para-hydroxylation sites is 1. The molecule has 1 aliphatic rings. The minimum atomic E-state index is -0.0569. The van der Waals surface area contributed by atoms with Gasteiger partial charge in [-0.05, 0) is 60.8 Å². The fraction of sp³-hybridized carbons (Fsp3) is 0.276. The number of hydrogen-bond donors (Lipinski definition) is 2. The van der Waals surface area contributed by atoms with Crippen LogP contribution in [0.15, 0.2) is 77.7 Å². The van der Waals surface area contributed by atoms with Crippen LogP contribution in [0.2, 0.25) is 5.02 Å². The lowest BCUT2D eigenvalue weighted by Gasteiger charge is -2.36. The smallest absolute Gasteiger partial charge is 0.326 e. The molecule has 5 aromatic rings.